The number of carbonyl (C=O) groups is 1. The molecular weight excluding hydrogens is 269 g/mol. The van der Waals surface area contributed by atoms with Gasteiger partial charge in [-0.3, -0.25) is 4.79 Å². The lowest BCUT2D eigenvalue weighted by Crippen LogP contribution is -2.42. The van der Waals surface area contributed by atoms with Crippen LogP contribution in [0.2, 0.25) is 0 Å². The van der Waals surface area contributed by atoms with Crippen molar-refractivity contribution in [1.29, 1.82) is 0 Å². The lowest BCUT2D eigenvalue weighted by atomic mass is 10.1. The van der Waals surface area contributed by atoms with E-state index in [0.29, 0.717) is 12.1 Å². The van der Waals surface area contributed by atoms with Gasteiger partial charge in [0.2, 0.25) is 0 Å². The van der Waals surface area contributed by atoms with Gasteiger partial charge in [0.15, 0.2) is 0 Å². The zero-order chi connectivity index (χ0) is 15.0. The summed E-state index contributed by atoms with van der Waals surface area (Å²) in [6.07, 6.45) is 0. The van der Waals surface area contributed by atoms with Crippen LogP contribution in [0.4, 0.5) is 21.5 Å². The summed E-state index contributed by atoms with van der Waals surface area (Å²) >= 11 is 0. The number of anilines is 3. The molecule has 0 bridgehead atoms. The van der Waals surface area contributed by atoms with Gasteiger partial charge < -0.3 is 15.5 Å². The second-order valence-electron chi connectivity index (χ2n) is 5.10. The van der Waals surface area contributed by atoms with Crippen LogP contribution >= 0.6 is 0 Å². The molecule has 1 aliphatic heterocycles. The number of nitrogens with two attached hydrogens (primary N) is 1. The van der Waals surface area contributed by atoms with E-state index in [1.807, 2.05) is 31.3 Å². The Bertz CT molecular complexity index is 702. The molecule has 1 aliphatic rings. The van der Waals surface area contributed by atoms with E-state index in [1.54, 1.807) is 4.90 Å². The van der Waals surface area contributed by atoms with E-state index in [4.69, 9.17) is 5.73 Å². The molecule has 108 valence electrons. The molecule has 0 saturated carbocycles. The molecule has 3 rings (SSSR count). The highest BCUT2D eigenvalue weighted by atomic mass is 19.1. The number of carbonyl (C=O) groups excluding carboxylic acids is 1. The van der Waals surface area contributed by atoms with E-state index in [2.05, 4.69) is 4.90 Å². The maximum atomic E-state index is 13.2. The molecule has 0 aromatic heterocycles. The van der Waals surface area contributed by atoms with Crippen LogP contribution < -0.4 is 15.5 Å². The Morgan fingerprint density at radius 1 is 1.14 bits per heavy atom. The number of benzene rings is 2. The van der Waals surface area contributed by atoms with Crippen molar-refractivity contribution in [1.82, 2.24) is 0 Å². The highest BCUT2D eigenvalue weighted by molar-refractivity contribution is 6.08. The first-order valence-corrected chi connectivity index (χ1v) is 6.75. The molecule has 0 radical (unpaired) electrons. The van der Waals surface area contributed by atoms with Crippen molar-refractivity contribution >= 4 is 23.0 Å². The average Bonchev–Trinajstić information content (AvgIpc) is 2.50. The van der Waals surface area contributed by atoms with Crippen LogP contribution in [0, 0.1) is 5.82 Å². The van der Waals surface area contributed by atoms with Crippen molar-refractivity contribution in [2.24, 2.45) is 0 Å². The molecule has 0 atom stereocenters. The molecule has 1 amide bonds. The predicted octanol–water partition coefficient (Wildman–Crippen LogP) is 2.50. The summed E-state index contributed by atoms with van der Waals surface area (Å²) in [6, 6.07) is 11.8. The topological polar surface area (TPSA) is 49.6 Å². The van der Waals surface area contributed by atoms with Crippen LogP contribution in [0.1, 0.15) is 10.4 Å². The maximum Gasteiger partial charge on any atom is 0.258 e. The summed E-state index contributed by atoms with van der Waals surface area (Å²) < 4.78 is 13.2. The van der Waals surface area contributed by atoms with E-state index in [1.165, 1.54) is 18.2 Å². The summed E-state index contributed by atoms with van der Waals surface area (Å²) in [5.74, 6) is -0.674. The summed E-state index contributed by atoms with van der Waals surface area (Å²) in [5, 5.41) is 0. The highest BCUT2D eigenvalue weighted by Gasteiger charge is 2.25. The van der Waals surface area contributed by atoms with Gasteiger partial charge in [0, 0.05) is 25.7 Å². The van der Waals surface area contributed by atoms with E-state index in [9.17, 15) is 9.18 Å². The van der Waals surface area contributed by atoms with E-state index < -0.39 is 5.82 Å². The number of hydrogen-bond donors (Lipinski definition) is 1. The van der Waals surface area contributed by atoms with Crippen molar-refractivity contribution in [3.05, 3.63) is 53.8 Å². The molecule has 21 heavy (non-hydrogen) atoms. The van der Waals surface area contributed by atoms with Gasteiger partial charge in [-0.1, -0.05) is 12.1 Å². The summed E-state index contributed by atoms with van der Waals surface area (Å²) in [4.78, 5) is 16.5. The average molecular weight is 285 g/mol. The molecule has 2 aromatic carbocycles. The SMILES string of the molecule is CN1CCN(C(=O)c2ccc(F)c(N)c2)c2ccccc21. The fraction of sp³-hybridized carbons (Fsp3) is 0.188. The fourth-order valence-electron chi connectivity index (χ4n) is 2.55. The molecule has 0 spiro atoms. The zero-order valence-corrected chi connectivity index (χ0v) is 11.7. The van der Waals surface area contributed by atoms with Crippen molar-refractivity contribution in [2.75, 3.05) is 35.7 Å². The Balaban J connectivity index is 1.99. The summed E-state index contributed by atoms with van der Waals surface area (Å²) in [7, 11) is 2.00. The number of hydrogen-bond acceptors (Lipinski definition) is 3. The van der Waals surface area contributed by atoms with Gasteiger partial charge in [0.25, 0.3) is 5.91 Å². The van der Waals surface area contributed by atoms with Gasteiger partial charge >= 0.3 is 0 Å². The zero-order valence-electron chi connectivity index (χ0n) is 11.7. The van der Waals surface area contributed by atoms with Gasteiger partial charge in [0.1, 0.15) is 5.82 Å². The minimum absolute atomic E-state index is 0.0109. The molecule has 0 saturated heterocycles. The minimum Gasteiger partial charge on any atom is -0.396 e. The van der Waals surface area contributed by atoms with Crippen LogP contribution in [-0.2, 0) is 0 Å². The number of para-hydroxylation sites is 2. The van der Waals surface area contributed by atoms with E-state index in [-0.39, 0.29) is 11.6 Å². The normalized spacial score (nSPS) is 14.0. The van der Waals surface area contributed by atoms with Crippen molar-refractivity contribution in [3.8, 4) is 0 Å². The van der Waals surface area contributed by atoms with Crippen LogP contribution in [0.15, 0.2) is 42.5 Å². The van der Waals surface area contributed by atoms with Crippen molar-refractivity contribution in [2.45, 2.75) is 0 Å². The van der Waals surface area contributed by atoms with Crippen LogP contribution in [0.25, 0.3) is 0 Å². The third-order valence-corrected chi connectivity index (χ3v) is 3.73. The second-order valence-corrected chi connectivity index (χ2v) is 5.10. The molecule has 0 unspecified atom stereocenters. The molecule has 0 fully saturated rings. The first-order valence-electron chi connectivity index (χ1n) is 6.75. The minimum atomic E-state index is -0.509. The Morgan fingerprint density at radius 3 is 2.57 bits per heavy atom. The molecule has 2 aromatic rings. The highest BCUT2D eigenvalue weighted by Crippen LogP contribution is 2.32. The number of amides is 1. The molecule has 0 aliphatic carbocycles. The third-order valence-electron chi connectivity index (χ3n) is 3.73. The van der Waals surface area contributed by atoms with E-state index >= 15 is 0 Å². The lowest BCUT2D eigenvalue weighted by molar-refractivity contribution is 0.0987. The van der Waals surface area contributed by atoms with Crippen molar-refractivity contribution in [3.63, 3.8) is 0 Å². The summed E-state index contributed by atoms with van der Waals surface area (Å²) in [5.41, 5.74) is 7.80. The van der Waals surface area contributed by atoms with Crippen LogP contribution in [0.3, 0.4) is 0 Å². The third kappa shape index (κ3) is 2.31. The molecule has 2 N–H and O–H groups in total. The molecular formula is C16H16FN3O. The van der Waals surface area contributed by atoms with Gasteiger partial charge in [0.05, 0.1) is 17.1 Å². The first kappa shape index (κ1) is 13.4. The number of nitrogen functional groups attached to an aromatic ring is 1. The fourth-order valence-corrected chi connectivity index (χ4v) is 2.55. The number of likely N-dealkylation sites (N-methyl/N-ethyl adjacent to an activating group) is 1. The van der Waals surface area contributed by atoms with Crippen LogP contribution in [0.5, 0.6) is 0 Å². The number of fused-ring (bicyclic) bond motifs is 1. The smallest absolute Gasteiger partial charge is 0.258 e. The number of nitrogens with zero attached hydrogens (tertiary/aromatic N) is 2. The largest absolute Gasteiger partial charge is 0.396 e. The number of rotatable bonds is 1. The second kappa shape index (κ2) is 5.09. The van der Waals surface area contributed by atoms with Gasteiger partial charge in [-0.15, -0.1) is 0 Å². The van der Waals surface area contributed by atoms with E-state index in [0.717, 1.165) is 17.9 Å². The Labute approximate surface area is 122 Å². The van der Waals surface area contributed by atoms with Crippen LogP contribution in [-0.4, -0.2) is 26.0 Å². The monoisotopic (exact) mass is 285 g/mol. The summed E-state index contributed by atoms with van der Waals surface area (Å²) in [6.45, 7) is 1.34. The molecule has 1 heterocycles. The Hall–Kier alpha value is -2.56. The van der Waals surface area contributed by atoms with Crippen molar-refractivity contribution < 1.29 is 9.18 Å². The van der Waals surface area contributed by atoms with Gasteiger partial charge in [-0.2, -0.15) is 0 Å². The molecule has 5 heteroatoms. The quantitative estimate of drug-likeness (QED) is 0.819. The van der Waals surface area contributed by atoms with Gasteiger partial charge in [-0.05, 0) is 30.3 Å². The molecule has 4 nitrogen and oxygen atoms in total. The standard InChI is InChI=1S/C16H16FN3O/c1-19-8-9-20(15-5-3-2-4-14(15)19)16(21)11-6-7-12(17)13(18)10-11/h2-7,10H,8-9,18H2,1H3. The number of halogens is 1. The Kier molecular flexibility index (Phi) is 3.25. The lowest BCUT2D eigenvalue weighted by Gasteiger charge is -2.35. The van der Waals surface area contributed by atoms with Gasteiger partial charge in [-0.25, -0.2) is 4.39 Å². The maximum absolute atomic E-state index is 13.2. The first-order chi connectivity index (χ1) is 10.1. The predicted molar refractivity (Wildman–Crippen MR) is 82.2 cm³/mol. The Morgan fingerprint density at radius 2 is 1.86 bits per heavy atom.